The number of Topliss-reactive ketones (excluding diaryl/α,β-unsaturated/α-hetero) is 1. The maximum absolute atomic E-state index is 11.2. The van der Waals surface area contributed by atoms with Crippen LogP contribution in [0.1, 0.15) is 66.1 Å². The molecule has 2 aromatic heterocycles. The molecule has 0 fully saturated rings. The number of ether oxygens (including phenoxy) is 4. The Bertz CT molecular complexity index is 3220. The summed E-state index contributed by atoms with van der Waals surface area (Å²) in [5, 5.41) is 30.1. The van der Waals surface area contributed by atoms with Gasteiger partial charge in [0.15, 0.2) is 5.78 Å². The average molecular weight is 884 g/mol. The summed E-state index contributed by atoms with van der Waals surface area (Å²) in [7, 11) is 6.50. The van der Waals surface area contributed by atoms with Gasteiger partial charge in [-0.25, -0.2) is 14.8 Å². The van der Waals surface area contributed by atoms with E-state index < -0.39 is 5.97 Å². The number of pyridine rings is 2. The second kappa shape index (κ2) is 18.5. The molecule has 6 aromatic carbocycles. The number of benzene rings is 6. The number of carboxylic acids is 1. The molecule has 2 heterocycles. The molecule has 0 amide bonds. The van der Waals surface area contributed by atoms with Crippen LogP contribution in [0.15, 0.2) is 109 Å². The number of aryl methyl sites for hydroxylation is 3. The monoisotopic (exact) mass is 883 g/mol. The molecule has 0 saturated heterocycles. The number of nitrogen functional groups attached to an aromatic ring is 1. The fraction of sp³-hybridized carbons (Fsp3) is 0.185. The summed E-state index contributed by atoms with van der Waals surface area (Å²) in [6.07, 6.45) is 3.21. The number of rotatable bonds is 5. The molecule has 66 heavy (non-hydrogen) atoms. The van der Waals surface area contributed by atoms with Crippen LogP contribution in [-0.2, 0) is 19.3 Å². The normalized spacial score (nSPS) is 12.2. The topological polar surface area (TPSA) is 184 Å². The van der Waals surface area contributed by atoms with Crippen LogP contribution in [0.4, 0.5) is 5.69 Å². The number of ketones is 1. The smallest absolute Gasteiger partial charge is 0.337 e. The van der Waals surface area contributed by atoms with Gasteiger partial charge in [0.1, 0.15) is 34.5 Å². The number of carbonyl (C=O) groups excluding carboxylic acids is 1. The van der Waals surface area contributed by atoms with E-state index in [1.165, 1.54) is 47.1 Å². The van der Waals surface area contributed by atoms with Crippen molar-refractivity contribution in [3.8, 4) is 57.0 Å². The first kappa shape index (κ1) is 44.5. The van der Waals surface area contributed by atoms with Gasteiger partial charge in [0.05, 0.1) is 56.4 Å². The van der Waals surface area contributed by atoms with Crippen LogP contribution < -0.4 is 24.7 Å². The van der Waals surface area contributed by atoms with Crippen molar-refractivity contribution in [1.82, 2.24) is 9.97 Å². The molecular weight excluding hydrogens is 835 g/mol. The number of fused-ring (bicyclic) bond motifs is 9. The minimum Gasteiger partial charge on any atom is -0.508 e. The number of aromatic hydroxyl groups is 2. The molecular formula is C54H49N3O9. The number of hydrogen-bond acceptors (Lipinski definition) is 11. The predicted octanol–water partition coefficient (Wildman–Crippen LogP) is 10.5. The highest BCUT2D eigenvalue weighted by molar-refractivity contribution is 6.00. The van der Waals surface area contributed by atoms with Gasteiger partial charge >= 0.3 is 5.97 Å². The van der Waals surface area contributed by atoms with Crippen molar-refractivity contribution in [2.45, 2.75) is 39.5 Å². The molecule has 3 aliphatic rings. The highest BCUT2D eigenvalue weighted by Crippen LogP contribution is 2.42. The third-order valence-corrected chi connectivity index (χ3v) is 12.3. The largest absolute Gasteiger partial charge is 0.508 e. The summed E-state index contributed by atoms with van der Waals surface area (Å²) in [6, 6.07) is 33.1. The molecule has 8 aromatic rings. The Balaban J connectivity index is 0.000000124. The van der Waals surface area contributed by atoms with Crippen LogP contribution in [0.25, 0.3) is 44.3 Å². The predicted molar refractivity (Wildman–Crippen MR) is 256 cm³/mol. The molecule has 0 atom stereocenters. The van der Waals surface area contributed by atoms with Gasteiger partial charge in [-0.05, 0) is 168 Å². The van der Waals surface area contributed by atoms with E-state index in [-0.39, 0.29) is 28.5 Å². The molecule has 11 rings (SSSR count). The van der Waals surface area contributed by atoms with Gasteiger partial charge in [0.25, 0.3) is 0 Å². The van der Waals surface area contributed by atoms with E-state index >= 15 is 0 Å². The van der Waals surface area contributed by atoms with E-state index in [1.54, 1.807) is 51.7 Å². The summed E-state index contributed by atoms with van der Waals surface area (Å²) in [5.41, 5.74) is 21.3. The van der Waals surface area contributed by atoms with E-state index in [0.717, 1.165) is 97.5 Å². The minimum absolute atomic E-state index is 0.0642. The molecule has 0 saturated carbocycles. The molecule has 5 N–H and O–H groups in total. The lowest BCUT2D eigenvalue weighted by atomic mass is 10.0. The molecule has 0 spiro atoms. The van der Waals surface area contributed by atoms with Crippen molar-refractivity contribution in [2.75, 3.05) is 34.2 Å². The Morgan fingerprint density at radius 1 is 0.545 bits per heavy atom. The number of phenolic OH excluding ortho intramolecular Hbond substituents is 2. The lowest BCUT2D eigenvalue weighted by Crippen LogP contribution is -2.02. The van der Waals surface area contributed by atoms with Crippen LogP contribution in [-0.4, -0.2) is 65.5 Å². The Hall–Kier alpha value is -8.12. The first-order valence-corrected chi connectivity index (χ1v) is 21.3. The Morgan fingerprint density at radius 3 is 1.61 bits per heavy atom. The molecule has 3 aliphatic carbocycles. The second-order valence-corrected chi connectivity index (χ2v) is 16.1. The summed E-state index contributed by atoms with van der Waals surface area (Å²) in [4.78, 5) is 31.4. The molecule has 12 nitrogen and oxygen atoms in total. The number of aromatic carboxylic acids is 1. The minimum atomic E-state index is -1.05. The lowest BCUT2D eigenvalue weighted by molar-refractivity contribution is 0.0697. The van der Waals surface area contributed by atoms with Gasteiger partial charge in [0.2, 0.25) is 0 Å². The molecule has 0 radical (unpaired) electrons. The van der Waals surface area contributed by atoms with Gasteiger partial charge in [0, 0.05) is 52.4 Å². The van der Waals surface area contributed by atoms with Crippen LogP contribution in [0.3, 0.4) is 0 Å². The van der Waals surface area contributed by atoms with Gasteiger partial charge in [-0.3, -0.25) is 4.79 Å². The number of phenols is 2. The molecule has 0 unspecified atom stereocenters. The average Bonchev–Trinajstić information content (AvgIpc) is 4.01. The van der Waals surface area contributed by atoms with Crippen LogP contribution in [0.2, 0.25) is 0 Å². The van der Waals surface area contributed by atoms with Crippen LogP contribution in [0, 0.1) is 13.8 Å². The third kappa shape index (κ3) is 8.73. The SMILES string of the molecule is COc1ccc(N)c(C(=O)O)c1.COc1ccc2c(c1)CCC2=O.COc1ccc2c(c1)Cc1c-2nc2ccc(OC)cc2c1C.Cc1c2c(nc3ccc(O)cc13)-c1ccc(O)cc1C2. The molecule has 12 heteroatoms. The number of anilines is 1. The summed E-state index contributed by atoms with van der Waals surface area (Å²) in [6.45, 7) is 4.24. The van der Waals surface area contributed by atoms with E-state index in [1.807, 2.05) is 48.5 Å². The van der Waals surface area contributed by atoms with Crippen molar-refractivity contribution < 1.29 is 43.9 Å². The van der Waals surface area contributed by atoms with E-state index in [0.29, 0.717) is 12.2 Å². The fourth-order valence-electron chi connectivity index (χ4n) is 8.72. The van der Waals surface area contributed by atoms with Gasteiger partial charge < -0.3 is 40.0 Å². The molecule has 334 valence electrons. The number of aromatic nitrogens is 2. The first-order valence-electron chi connectivity index (χ1n) is 21.3. The molecule has 0 bridgehead atoms. The number of nitrogens with two attached hydrogens (primary N) is 1. The summed E-state index contributed by atoms with van der Waals surface area (Å²) >= 11 is 0. The van der Waals surface area contributed by atoms with Crippen molar-refractivity contribution in [1.29, 1.82) is 0 Å². The number of nitrogens with zero attached hydrogens (tertiary/aromatic N) is 2. The summed E-state index contributed by atoms with van der Waals surface area (Å²) in [5.74, 6) is 2.85. The number of methoxy groups -OCH3 is 4. The highest BCUT2D eigenvalue weighted by Gasteiger charge is 2.25. The highest BCUT2D eigenvalue weighted by atomic mass is 16.5. The zero-order chi connectivity index (χ0) is 46.8. The van der Waals surface area contributed by atoms with Crippen molar-refractivity contribution >= 4 is 39.2 Å². The zero-order valence-corrected chi connectivity index (χ0v) is 37.5. The standard InChI is InChI=1S/C19H17NO2.C17H13NO2.C10H10O2.C8H9NO3/c1-11-16-10-14(22-3)5-7-18(16)20-19-15-6-4-13(21-2)8-12(15)9-17(11)19;1-9-14-8-12(20)3-5-16(14)18-17-13-4-2-11(19)6-10(13)7-15(9)17;1-12-8-3-4-9-7(6-8)2-5-10(9)11;1-12-5-2-3-7(9)6(4-5)8(10)11/h4-8,10H,9H2,1-3H3;2-6,8,19-20H,7H2,1H3;3-4,6H,2,5H2,1H3;2-4H,9H2,1H3,(H,10,11). The van der Waals surface area contributed by atoms with E-state index in [4.69, 9.17) is 39.8 Å². The van der Waals surface area contributed by atoms with Gasteiger partial charge in [-0.2, -0.15) is 0 Å². The maximum atomic E-state index is 11.2. The lowest BCUT2D eigenvalue weighted by Gasteiger charge is -2.10. The van der Waals surface area contributed by atoms with E-state index in [2.05, 4.69) is 32.0 Å². The zero-order valence-electron chi connectivity index (χ0n) is 37.5. The first-order chi connectivity index (χ1) is 31.8. The quantitative estimate of drug-likeness (QED) is 0.120. The van der Waals surface area contributed by atoms with Crippen molar-refractivity contribution in [3.05, 3.63) is 159 Å². The summed E-state index contributed by atoms with van der Waals surface area (Å²) < 4.78 is 20.6. The Morgan fingerprint density at radius 2 is 1.00 bits per heavy atom. The molecule has 0 aliphatic heterocycles. The van der Waals surface area contributed by atoms with E-state index in [9.17, 15) is 19.8 Å². The van der Waals surface area contributed by atoms with Crippen molar-refractivity contribution in [3.63, 3.8) is 0 Å². The van der Waals surface area contributed by atoms with Gasteiger partial charge in [-0.15, -0.1) is 0 Å². The van der Waals surface area contributed by atoms with Crippen molar-refractivity contribution in [2.24, 2.45) is 0 Å². The van der Waals surface area contributed by atoms with Gasteiger partial charge in [-0.1, -0.05) is 0 Å². The number of carbonyl (C=O) groups is 2. The number of carboxylic acid groups (broad SMARTS) is 1. The van der Waals surface area contributed by atoms with Crippen LogP contribution in [0.5, 0.6) is 34.5 Å². The number of hydrogen-bond donors (Lipinski definition) is 4. The Labute approximate surface area is 381 Å². The van der Waals surface area contributed by atoms with Crippen LogP contribution >= 0.6 is 0 Å². The maximum Gasteiger partial charge on any atom is 0.337 e. The fourth-order valence-corrected chi connectivity index (χ4v) is 8.72. The third-order valence-electron chi connectivity index (χ3n) is 12.3. The second-order valence-electron chi connectivity index (χ2n) is 16.1. The Kier molecular flexibility index (Phi) is 12.5.